The lowest BCUT2D eigenvalue weighted by molar-refractivity contribution is -0.135. The molecular weight excluding hydrogens is 262 g/mol. The molecule has 1 aliphatic rings. The van der Waals surface area contributed by atoms with Gasteiger partial charge in [-0.2, -0.15) is 0 Å². The zero-order valence-electron chi connectivity index (χ0n) is 11.7. The quantitative estimate of drug-likeness (QED) is 0.747. The van der Waals surface area contributed by atoms with Crippen molar-refractivity contribution in [1.29, 1.82) is 0 Å². The number of rotatable bonds is 2. The summed E-state index contributed by atoms with van der Waals surface area (Å²) in [6, 6.07) is 1.26. The van der Waals surface area contributed by atoms with Crippen molar-refractivity contribution in [3.8, 4) is 0 Å². The number of hydrogen-bond acceptors (Lipinski definition) is 4. The summed E-state index contributed by atoms with van der Waals surface area (Å²) in [4.78, 5) is 36.9. The van der Waals surface area contributed by atoms with Crippen LogP contribution in [0.4, 0.5) is 0 Å². The van der Waals surface area contributed by atoms with Crippen LogP contribution in [0.15, 0.2) is 21.9 Å². The summed E-state index contributed by atoms with van der Waals surface area (Å²) >= 11 is 0. The van der Waals surface area contributed by atoms with Crippen LogP contribution in [0.2, 0.25) is 0 Å². The van der Waals surface area contributed by atoms with Crippen LogP contribution in [0.3, 0.4) is 0 Å². The van der Waals surface area contributed by atoms with E-state index in [9.17, 15) is 19.5 Å². The molecule has 1 saturated heterocycles. The number of piperidine rings is 1. The Balaban J connectivity index is 2.08. The number of aromatic nitrogens is 2. The molecule has 2 rings (SSSR count). The normalized spacial score (nSPS) is 18.1. The molecule has 0 aliphatic carbocycles. The highest BCUT2D eigenvalue weighted by Gasteiger charge is 2.29. The average molecular weight is 281 g/mol. The summed E-state index contributed by atoms with van der Waals surface area (Å²) in [5, 5.41) is 9.84. The molecule has 0 atom stereocenters. The first-order valence-electron chi connectivity index (χ1n) is 6.57. The summed E-state index contributed by atoms with van der Waals surface area (Å²) in [5.74, 6) is -0.179. The van der Waals surface area contributed by atoms with Crippen LogP contribution in [-0.4, -0.2) is 43.7 Å². The number of carbonyl (C=O) groups excluding carboxylic acids is 1. The van der Waals surface area contributed by atoms with E-state index in [1.54, 1.807) is 11.8 Å². The minimum Gasteiger partial charge on any atom is -0.390 e. The third-order valence-electron chi connectivity index (χ3n) is 3.76. The van der Waals surface area contributed by atoms with Gasteiger partial charge in [-0.1, -0.05) is 0 Å². The Morgan fingerprint density at radius 1 is 1.35 bits per heavy atom. The summed E-state index contributed by atoms with van der Waals surface area (Å²) < 4.78 is 2.19. The number of hydrogen-bond donors (Lipinski definition) is 1. The molecule has 0 saturated carbocycles. The maximum atomic E-state index is 12.1. The molecule has 1 N–H and O–H groups in total. The molecule has 7 nitrogen and oxygen atoms in total. The monoisotopic (exact) mass is 281 g/mol. The van der Waals surface area contributed by atoms with Gasteiger partial charge in [-0.3, -0.25) is 18.7 Å². The van der Waals surface area contributed by atoms with Gasteiger partial charge in [0.15, 0.2) is 0 Å². The molecule has 20 heavy (non-hydrogen) atoms. The molecule has 2 heterocycles. The molecule has 0 unspecified atom stereocenters. The topological polar surface area (TPSA) is 84.5 Å². The van der Waals surface area contributed by atoms with E-state index in [1.807, 2.05) is 0 Å². The zero-order chi connectivity index (χ0) is 14.9. The first-order chi connectivity index (χ1) is 9.30. The van der Waals surface area contributed by atoms with Gasteiger partial charge in [0, 0.05) is 32.4 Å². The van der Waals surface area contributed by atoms with E-state index in [4.69, 9.17) is 0 Å². The first kappa shape index (κ1) is 14.5. The molecular formula is C13H19N3O4. The SMILES string of the molecule is Cn1c(=O)ccn(CC(=O)N2CCC(C)(O)CC2)c1=O. The van der Waals surface area contributed by atoms with E-state index < -0.39 is 16.9 Å². The van der Waals surface area contributed by atoms with E-state index in [0.29, 0.717) is 25.9 Å². The second-order valence-electron chi connectivity index (χ2n) is 5.50. The lowest BCUT2D eigenvalue weighted by Crippen LogP contribution is -2.47. The van der Waals surface area contributed by atoms with E-state index in [0.717, 1.165) is 4.57 Å². The van der Waals surface area contributed by atoms with Crippen LogP contribution >= 0.6 is 0 Å². The Morgan fingerprint density at radius 2 is 1.95 bits per heavy atom. The lowest BCUT2D eigenvalue weighted by atomic mass is 9.94. The molecule has 0 radical (unpaired) electrons. The van der Waals surface area contributed by atoms with Crippen molar-refractivity contribution < 1.29 is 9.90 Å². The summed E-state index contributed by atoms with van der Waals surface area (Å²) in [5.41, 5.74) is -1.62. The number of nitrogens with zero attached hydrogens (tertiary/aromatic N) is 3. The predicted octanol–water partition coefficient (Wildman–Crippen LogP) is -1.08. The van der Waals surface area contributed by atoms with E-state index in [2.05, 4.69) is 0 Å². The molecule has 0 spiro atoms. The first-order valence-corrected chi connectivity index (χ1v) is 6.57. The highest BCUT2D eigenvalue weighted by molar-refractivity contribution is 5.76. The third-order valence-corrected chi connectivity index (χ3v) is 3.76. The molecule has 7 heteroatoms. The predicted molar refractivity (Wildman–Crippen MR) is 72.4 cm³/mol. The van der Waals surface area contributed by atoms with Crippen molar-refractivity contribution in [2.75, 3.05) is 13.1 Å². The highest BCUT2D eigenvalue weighted by atomic mass is 16.3. The number of carbonyl (C=O) groups is 1. The number of aliphatic hydroxyl groups is 1. The molecule has 1 aliphatic heterocycles. The van der Waals surface area contributed by atoms with Gasteiger partial charge < -0.3 is 10.0 Å². The minimum absolute atomic E-state index is 0.0882. The second-order valence-corrected chi connectivity index (χ2v) is 5.50. The van der Waals surface area contributed by atoms with Gasteiger partial charge in [-0.15, -0.1) is 0 Å². The van der Waals surface area contributed by atoms with E-state index in [-0.39, 0.29) is 12.5 Å². The fourth-order valence-corrected chi connectivity index (χ4v) is 2.22. The van der Waals surface area contributed by atoms with Crippen molar-refractivity contribution in [1.82, 2.24) is 14.0 Å². The van der Waals surface area contributed by atoms with Crippen molar-refractivity contribution in [2.24, 2.45) is 7.05 Å². The maximum absolute atomic E-state index is 12.1. The Bertz CT molecular complexity index is 619. The Labute approximate surface area is 116 Å². The lowest BCUT2D eigenvalue weighted by Gasteiger charge is -2.35. The van der Waals surface area contributed by atoms with Crippen molar-refractivity contribution >= 4 is 5.91 Å². The smallest absolute Gasteiger partial charge is 0.331 e. The van der Waals surface area contributed by atoms with Crippen LogP contribution in [0.25, 0.3) is 0 Å². The molecule has 110 valence electrons. The van der Waals surface area contributed by atoms with Gasteiger partial charge in [0.1, 0.15) is 6.54 Å². The molecule has 0 bridgehead atoms. The molecule has 1 aromatic rings. The van der Waals surface area contributed by atoms with Gasteiger partial charge in [-0.05, 0) is 19.8 Å². The van der Waals surface area contributed by atoms with Crippen LogP contribution in [-0.2, 0) is 18.4 Å². The van der Waals surface area contributed by atoms with Crippen molar-refractivity contribution in [3.63, 3.8) is 0 Å². The van der Waals surface area contributed by atoms with Crippen LogP contribution in [0.1, 0.15) is 19.8 Å². The van der Waals surface area contributed by atoms with Gasteiger partial charge in [0.05, 0.1) is 5.60 Å². The maximum Gasteiger partial charge on any atom is 0.331 e. The van der Waals surface area contributed by atoms with E-state index in [1.165, 1.54) is 23.9 Å². The second kappa shape index (κ2) is 5.24. The van der Waals surface area contributed by atoms with E-state index >= 15 is 0 Å². The Kier molecular flexibility index (Phi) is 3.80. The fraction of sp³-hybridized carbons (Fsp3) is 0.615. The van der Waals surface area contributed by atoms with Crippen molar-refractivity contribution in [2.45, 2.75) is 31.9 Å². The highest BCUT2D eigenvalue weighted by Crippen LogP contribution is 2.21. The van der Waals surface area contributed by atoms with Crippen LogP contribution in [0, 0.1) is 0 Å². The minimum atomic E-state index is -0.718. The summed E-state index contributed by atoms with van der Waals surface area (Å²) in [6.45, 7) is 2.63. The van der Waals surface area contributed by atoms with Gasteiger partial charge in [0.2, 0.25) is 5.91 Å². The van der Waals surface area contributed by atoms with Crippen LogP contribution < -0.4 is 11.2 Å². The third kappa shape index (κ3) is 2.98. The van der Waals surface area contributed by atoms with Gasteiger partial charge in [0.25, 0.3) is 5.56 Å². The zero-order valence-corrected chi connectivity index (χ0v) is 11.7. The fourth-order valence-electron chi connectivity index (χ4n) is 2.22. The summed E-state index contributed by atoms with van der Waals surface area (Å²) in [6.07, 6.45) is 2.39. The standard InChI is InChI=1S/C13H19N3O4/c1-13(20)4-7-15(8-5-13)11(18)9-16-6-3-10(17)14(2)12(16)19/h3,6,20H,4-5,7-9H2,1-2H3. The summed E-state index contributed by atoms with van der Waals surface area (Å²) in [7, 11) is 1.38. The van der Waals surface area contributed by atoms with Crippen LogP contribution in [0.5, 0.6) is 0 Å². The molecule has 1 fully saturated rings. The van der Waals surface area contributed by atoms with Gasteiger partial charge in [-0.25, -0.2) is 4.79 Å². The molecule has 1 amide bonds. The number of amides is 1. The molecule has 1 aromatic heterocycles. The van der Waals surface area contributed by atoms with Crippen molar-refractivity contribution in [3.05, 3.63) is 33.1 Å². The van der Waals surface area contributed by atoms with Gasteiger partial charge >= 0.3 is 5.69 Å². The Morgan fingerprint density at radius 3 is 2.55 bits per heavy atom. The number of likely N-dealkylation sites (tertiary alicyclic amines) is 1. The average Bonchev–Trinajstić information content (AvgIpc) is 2.39. The largest absolute Gasteiger partial charge is 0.390 e. The molecule has 0 aromatic carbocycles. The Hall–Kier alpha value is -1.89.